The van der Waals surface area contributed by atoms with Gasteiger partial charge in [0.15, 0.2) is 0 Å². The van der Waals surface area contributed by atoms with Crippen molar-refractivity contribution in [2.24, 2.45) is 0 Å². The molecular formula is C9H4F14O2. The Kier molecular flexibility index (Phi) is 6.10. The molecule has 0 saturated carbocycles. The second-order valence-corrected chi connectivity index (χ2v) is 4.06. The van der Waals surface area contributed by atoms with Gasteiger partial charge in [-0.25, -0.2) is 13.9 Å². The lowest BCUT2D eigenvalue weighted by molar-refractivity contribution is -0.528. The second-order valence-electron chi connectivity index (χ2n) is 4.06. The Hall–Kier alpha value is -1.32. The van der Waals surface area contributed by atoms with E-state index >= 15 is 0 Å². The smallest absolute Gasteiger partial charge is 0.248 e. The van der Waals surface area contributed by atoms with Crippen LogP contribution in [-0.4, -0.2) is 42.7 Å². The normalized spacial score (nSPS) is 16.7. The summed E-state index contributed by atoms with van der Waals surface area (Å²) in [7, 11) is 0. The van der Waals surface area contributed by atoms with E-state index in [-0.39, 0.29) is 0 Å². The first-order valence-corrected chi connectivity index (χ1v) is 5.27. The van der Waals surface area contributed by atoms with Crippen molar-refractivity contribution in [3.05, 3.63) is 12.7 Å². The van der Waals surface area contributed by atoms with Crippen LogP contribution in [0.5, 0.6) is 0 Å². The zero-order chi connectivity index (χ0) is 20.7. The molecule has 2 nitrogen and oxygen atoms in total. The fourth-order valence-corrected chi connectivity index (χ4v) is 0.993. The van der Waals surface area contributed by atoms with Gasteiger partial charge < -0.3 is 0 Å². The summed E-state index contributed by atoms with van der Waals surface area (Å²) in [5.41, 5.74) is 0. The summed E-state index contributed by atoms with van der Waals surface area (Å²) in [6.07, 6.45) is -33.7. The summed E-state index contributed by atoms with van der Waals surface area (Å²) in [6.45, 7) is 2.11. The first-order chi connectivity index (χ1) is 10.6. The molecule has 0 aliphatic rings. The van der Waals surface area contributed by atoms with Crippen LogP contribution in [0.4, 0.5) is 61.5 Å². The largest absolute Gasteiger partial charge is 0.527 e. The highest BCUT2D eigenvalue weighted by Crippen LogP contribution is 2.51. The SMILES string of the molecule is C=CC(F)(F)C(F)C(F)(F)OC(F)(F)C(F)(F)C(F)(F)OC(F)(F)F. The van der Waals surface area contributed by atoms with Gasteiger partial charge in [0.05, 0.1) is 0 Å². The molecule has 1 atom stereocenters. The number of hydrogen-bond donors (Lipinski definition) is 0. The Bertz CT molecular complexity index is 481. The van der Waals surface area contributed by atoms with Crippen LogP contribution in [0, 0.1) is 0 Å². The van der Waals surface area contributed by atoms with Gasteiger partial charge in [-0.05, 0) is 6.08 Å². The minimum atomic E-state index is -7.48. The number of allylic oxidation sites excluding steroid dienone is 1. The summed E-state index contributed by atoms with van der Waals surface area (Å²) in [6, 6.07) is 0. The van der Waals surface area contributed by atoms with Crippen LogP contribution in [0.1, 0.15) is 0 Å². The summed E-state index contributed by atoms with van der Waals surface area (Å²) < 4.78 is 177. The second kappa shape index (κ2) is 6.44. The maximum atomic E-state index is 12.8. The molecule has 0 amide bonds. The Morgan fingerprint density at radius 3 is 1.36 bits per heavy atom. The van der Waals surface area contributed by atoms with Gasteiger partial charge in [0.1, 0.15) is 0 Å². The van der Waals surface area contributed by atoms with Gasteiger partial charge in [-0.2, -0.15) is 43.9 Å². The minimum absolute atomic E-state index is 0.882. The minimum Gasteiger partial charge on any atom is -0.248 e. The molecule has 0 heterocycles. The van der Waals surface area contributed by atoms with Crippen molar-refractivity contribution in [1.29, 1.82) is 0 Å². The standard InChI is InChI=1S/C9H4F14O2/c1-2-4(11,12)3(10)5(13,14)24-7(17,18)6(15,16)8(19,20)25-9(21,22)23/h2-3H,1H2. The highest BCUT2D eigenvalue weighted by Gasteiger charge is 2.79. The van der Waals surface area contributed by atoms with Crippen LogP contribution in [0.25, 0.3) is 0 Å². The first-order valence-electron chi connectivity index (χ1n) is 5.27. The van der Waals surface area contributed by atoms with E-state index in [0.717, 1.165) is 0 Å². The van der Waals surface area contributed by atoms with Gasteiger partial charge in [0.2, 0.25) is 0 Å². The van der Waals surface area contributed by atoms with E-state index in [2.05, 4.69) is 6.58 Å². The molecule has 0 aromatic carbocycles. The van der Waals surface area contributed by atoms with Gasteiger partial charge in [0, 0.05) is 0 Å². The van der Waals surface area contributed by atoms with Gasteiger partial charge in [-0.1, -0.05) is 6.58 Å². The van der Waals surface area contributed by atoms with Crippen molar-refractivity contribution < 1.29 is 70.9 Å². The molecule has 1 unspecified atom stereocenters. The highest BCUT2D eigenvalue weighted by molar-refractivity contribution is 4.98. The Labute approximate surface area is 128 Å². The van der Waals surface area contributed by atoms with Crippen molar-refractivity contribution in [1.82, 2.24) is 0 Å². The summed E-state index contributed by atoms with van der Waals surface area (Å²) in [5.74, 6) is -12.8. The maximum Gasteiger partial charge on any atom is 0.527 e. The van der Waals surface area contributed by atoms with E-state index < -0.39 is 48.8 Å². The van der Waals surface area contributed by atoms with Crippen LogP contribution in [0.15, 0.2) is 12.7 Å². The number of rotatable bonds is 8. The lowest BCUT2D eigenvalue weighted by atomic mass is 10.2. The van der Waals surface area contributed by atoms with Crippen molar-refractivity contribution in [3.63, 3.8) is 0 Å². The van der Waals surface area contributed by atoms with Gasteiger partial charge in [-0.15, -0.1) is 13.2 Å². The predicted octanol–water partition coefficient (Wildman–Crippen LogP) is 5.11. The topological polar surface area (TPSA) is 18.5 Å². The molecule has 0 aliphatic heterocycles. The third-order valence-corrected chi connectivity index (χ3v) is 2.14. The zero-order valence-electron chi connectivity index (χ0n) is 11.0. The lowest BCUT2D eigenvalue weighted by Crippen LogP contribution is -2.61. The molecule has 0 aromatic rings. The van der Waals surface area contributed by atoms with Crippen molar-refractivity contribution >= 4 is 0 Å². The van der Waals surface area contributed by atoms with Crippen LogP contribution in [0.2, 0.25) is 0 Å². The number of ether oxygens (including phenoxy) is 2. The van der Waals surface area contributed by atoms with Crippen LogP contribution in [0.3, 0.4) is 0 Å². The van der Waals surface area contributed by atoms with Crippen molar-refractivity contribution in [2.45, 2.75) is 42.7 Å². The fourth-order valence-electron chi connectivity index (χ4n) is 0.993. The average Bonchev–Trinajstić information content (AvgIpc) is 2.33. The summed E-state index contributed by atoms with van der Waals surface area (Å²) in [4.78, 5) is 0. The van der Waals surface area contributed by atoms with Crippen LogP contribution >= 0.6 is 0 Å². The van der Waals surface area contributed by atoms with Crippen LogP contribution < -0.4 is 0 Å². The quantitative estimate of drug-likeness (QED) is 0.409. The number of halogens is 14. The van der Waals surface area contributed by atoms with Gasteiger partial charge in [0.25, 0.3) is 6.17 Å². The molecule has 0 fully saturated rings. The fraction of sp³-hybridized carbons (Fsp3) is 0.778. The summed E-state index contributed by atoms with van der Waals surface area (Å²) in [5, 5.41) is 0. The molecule has 0 spiro atoms. The molecule has 25 heavy (non-hydrogen) atoms. The van der Waals surface area contributed by atoms with E-state index in [1.54, 1.807) is 4.74 Å². The van der Waals surface area contributed by atoms with E-state index in [0.29, 0.717) is 0 Å². The number of alkyl halides is 14. The van der Waals surface area contributed by atoms with Gasteiger partial charge >= 0.3 is 36.5 Å². The first kappa shape index (κ1) is 23.7. The van der Waals surface area contributed by atoms with Crippen molar-refractivity contribution in [2.75, 3.05) is 0 Å². The Morgan fingerprint density at radius 1 is 0.680 bits per heavy atom. The molecule has 0 aromatic heterocycles. The Balaban J connectivity index is 5.71. The molecule has 0 bridgehead atoms. The molecule has 0 aliphatic carbocycles. The molecule has 0 radical (unpaired) electrons. The van der Waals surface area contributed by atoms with Gasteiger partial charge in [-0.3, -0.25) is 0 Å². The van der Waals surface area contributed by atoms with E-state index in [4.69, 9.17) is 0 Å². The molecule has 16 heteroatoms. The highest BCUT2D eigenvalue weighted by atomic mass is 19.4. The van der Waals surface area contributed by atoms with E-state index in [9.17, 15) is 61.5 Å². The molecule has 0 rings (SSSR count). The molecule has 0 saturated heterocycles. The molecular weight excluding hydrogens is 406 g/mol. The third-order valence-electron chi connectivity index (χ3n) is 2.14. The average molecular weight is 410 g/mol. The molecule has 0 N–H and O–H groups in total. The maximum absolute atomic E-state index is 12.8. The molecule has 150 valence electrons. The van der Waals surface area contributed by atoms with E-state index in [1.165, 1.54) is 4.74 Å². The van der Waals surface area contributed by atoms with Crippen LogP contribution in [-0.2, 0) is 9.47 Å². The summed E-state index contributed by atoms with van der Waals surface area (Å²) >= 11 is 0. The monoisotopic (exact) mass is 410 g/mol. The zero-order valence-corrected chi connectivity index (χ0v) is 11.0. The van der Waals surface area contributed by atoms with E-state index in [1.807, 2.05) is 0 Å². The third kappa shape index (κ3) is 5.08. The lowest BCUT2D eigenvalue weighted by Gasteiger charge is -2.34. The number of hydrogen-bond acceptors (Lipinski definition) is 2. The van der Waals surface area contributed by atoms with Crippen molar-refractivity contribution in [3.8, 4) is 0 Å². The Morgan fingerprint density at radius 2 is 1.04 bits per heavy atom. The predicted molar refractivity (Wildman–Crippen MR) is 48.1 cm³/mol.